The summed E-state index contributed by atoms with van der Waals surface area (Å²) in [4.78, 5) is 45.3. The molecular formula is C27H38N4O4. The van der Waals surface area contributed by atoms with E-state index in [1.54, 1.807) is 12.4 Å². The number of nitrogens with zero attached hydrogens (tertiary/aromatic N) is 3. The molecule has 0 aromatic carbocycles. The Balaban J connectivity index is 1.94. The molecule has 0 spiro atoms. The summed E-state index contributed by atoms with van der Waals surface area (Å²) in [6, 6.07) is 4.37. The third kappa shape index (κ3) is 6.78. The van der Waals surface area contributed by atoms with Crippen molar-refractivity contribution in [1.29, 1.82) is 0 Å². The first-order chi connectivity index (χ1) is 16.6. The number of pyridine rings is 2. The fraction of sp³-hybridized carbons (Fsp3) is 0.556. The van der Waals surface area contributed by atoms with Crippen molar-refractivity contribution in [3.63, 3.8) is 0 Å². The number of rotatable bonds is 9. The lowest BCUT2D eigenvalue weighted by Crippen LogP contribution is -2.44. The number of carbonyl (C=O) groups excluding carboxylic acids is 2. The molecule has 1 fully saturated rings. The molecule has 1 amide bonds. The highest BCUT2D eigenvalue weighted by Gasteiger charge is 2.28. The summed E-state index contributed by atoms with van der Waals surface area (Å²) in [5, 5.41) is 3.07. The van der Waals surface area contributed by atoms with Crippen LogP contribution in [0.4, 0.5) is 5.69 Å². The van der Waals surface area contributed by atoms with Gasteiger partial charge in [-0.15, -0.1) is 0 Å². The van der Waals surface area contributed by atoms with Crippen molar-refractivity contribution in [2.45, 2.75) is 72.5 Å². The van der Waals surface area contributed by atoms with E-state index in [4.69, 9.17) is 4.74 Å². The number of Topliss-reactive ketones (excluding diaryl/α,β-unsaturated/α-hetero) is 1. The molecule has 3 atom stereocenters. The van der Waals surface area contributed by atoms with E-state index in [1.165, 1.54) is 17.6 Å². The number of ketones is 1. The van der Waals surface area contributed by atoms with Crippen molar-refractivity contribution in [3.8, 4) is 0 Å². The van der Waals surface area contributed by atoms with Crippen LogP contribution in [0, 0.1) is 19.8 Å². The van der Waals surface area contributed by atoms with Crippen molar-refractivity contribution < 1.29 is 14.3 Å². The van der Waals surface area contributed by atoms with Crippen molar-refractivity contribution in [2.24, 2.45) is 5.92 Å². The smallest absolute Gasteiger partial charge is 0.251 e. The molecule has 0 radical (unpaired) electrons. The molecule has 1 N–H and O–H groups in total. The van der Waals surface area contributed by atoms with E-state index in [9.17, 15) is 14.4 Å². The Morgan fingerprint density at radius 3 is 2.63 bits per heavy atom. The third-order valence-electron chi connectivity index (χ3n) is 6.41. The molecule has 1 saturated heterocycles. The first-order valence-electron chi connectivity index (χ1n) is 12.4. The molecule has 8 heteroatoms. The molecule has 0 unspecified atom stereocenters. The Hall–Kier alpha value is -3.00. The molecule has 35 heavy (non-hydrogen) atoms. The monoisotopic (exact) mass is 482 g/mol. The van der Waals surface area contributed by atoms with Gasteiger partial charge in [0.05, 0.1) is 30.6 Å². The fourth-order valence-electron chi connectivity index (χ4n) is 4.55. The number of hydrogen-bond acceptors (Lipinski definition) is 6. The van der Waals surface area contributed by atoms with Gasteiger partial charge in [-0.25, -0.2) is 0 Å². The average Bonchev–Trinajstić information content (AvgIpc) is 2.78. The first kappa shape index (κ1) is 26.6. The van der Waals surface area contributed by atoms with Gasteiger partial charge in [0.25, 0.3) is 5.56 Å². The Labute approximate surface area is 207 Å². The molecule has 1 aliphatic heterocycles. The number of hydrogen-bond donors (Lipinski definition) is 1. The highest BCUT2D eigenvalue weighted by Crippen LogP contribution is 2.28. The summed E-state index contributed by atoms with van der Waals surface area (Å²) in [6.45, 7) is 13.5. The standard InChI is InChI=1S/C27H38N4O4/c1-17(2)11-25(31-8-7-18(3)12-26(31)33)27(34)29-23(13-20(5)32)22-14-24(21(6)28-15-22)30-9-10-35-16-19(30)4/h7-8,12,14-15,17,19,23,25H,9-11,13,16H2,1-6H3,(H,29,34)/t19-,23-,25+/m0/s1. The Morgan fingerprint density at radius 1 is 1.26 bits per heavy atom. The number of aryl methyl sites for hydroxylation is 2. The van der Waals surface area contributed by atoms with Crippen LogP contribution < -0.4 is 15.8 Å². The summed E-state index contributed by atoms with van der Waals surface area (Å²) in [7, 11) is 0. The zero-order valence-electron chi connectivity index (χ0n) is 21.7. The highest BCUT2D eigenvalue weighted by molar-refractivity contribution is 5.82. The number of nitrogens with one attached hydrogen (secondary N) is 1. The molecule has 0 saturated carbocycles. The predicted octanol–water partition coefficient (Wildman–Crippen LogP) is 3.51. The summed E-state index contributed by atoms with van der Waals surface area (Å²) >= 11 is 0. The number of carbonyl (C=O) groups is 2. The third-order valence-corrected chi connectivity index (χ3v) is 6.41. The predicted molar refractivity (Wildman–Crippen MR) is 137 cm³/mol. The van der Waals surface area contributed by atoms with Crippen molar-refractivity contribution >= 4 is 17.4 Å². The van der Waals surface area contributed by atoms with E-state index in [0.29, 0.717) is 19.6 Å². The van der Waals surface area contributed by atoms with Crippen LogP contribution in [0.25, 0.3) is 0 Å². The fourth-order valence-corrected chi connectivity index (χ4v) is 4.55. The van der Waals surface area contributed by atoms with Gasteiger partial charge in [0.15, 0.2) is 0 Å². The SMILES string of the molecule is CC(=O)C[C@H](NC(=O)[C@@H](CC(C)C)n1ccc(C)cc1=O)c1cnc(C)c(N2CCOC[C@@H]2C)c1. The summed E-state index contributed by atoms with van der Waals surface area (Å²) in [5.74, 6) is -0.122. The molecule has 3 heterocycles. The topological polar surface area (TPSA) is 93.5 Å². The van der Waals surface area contributed by atoms with Gasteiger partial charge >= 0.3 is 0 Å². The zero-order valence-corrected chi connectivity index (χ0v) is 21.7. The molecule has 0 aliphatic carbocycles. The van der Waals surface area contributed by atoms with E-state index in [0.717, 1.165) is 29.1 Å². The van der Waals surface area contributed by atoms with Crippen LogP contribution in [-0.4, -0.2) is 47.0 Å². The molecular weight excluding hydrogens is 444 g/mol. The van der Waals surface area contributed by atoms with Crippen LogP contribution >= 0.6 is 0 Å². The molecule has 0 bridgehead atoms. The lowest BCUT2D eigenvalue weighted by Gasteiger charge is -2.36. The molecule has 8 nitrogen and oxygen atoms in total. The van der Waals surface area contributed by atoms with Crippen molar-refractivity contribution in [2.75, 3.05) is 24.7 Å². The van der Waals surface area contributed by atoms with E-state index in [1.807, 2.05) is 39.8 Å². The van der Waals surface area contributed by atoms with Gasteiger partial charge in [-0.1, -0.05) is 13.8 Å². The van der Waals surface area contributed by atoms with Gasteiger partial charge in [0.1, 0.15) is 11.8 Å². The van der Waals surface area contributed by atoms with Crippen LogP contribution in [0.2, 0.25) is 0 Å². The van der Waals surface area contributed by atoms with Gasteiger partial charge in [-0.05, 0) is 63.3 Å². The normalized spacial score (nSPS) is 17.8. The Bertz CT molecular complexity index is 1110. The number of aromatic nitrogens is 2. The second kappa shape index (κ2) is 11.6. The van der Waals surface area contributed by atoms with Gasteiger partial charge in [0.2, 0.25) is 5.91 Å². The lowest BCUT2D eigenvalue weighted by molar-refractivity contribution is -0.126. The van der Waals surface area contributed by atoms with Gasteiger partial charge < -0.3 is 19.5 Å². The maximum Gasteiger partial charge on any atom is 0.251 e. The van der Waals surface area contributed by atoms with Crippen molar-refractivity contribution in [3.05, 3.63) is 57.8 Å². The van der Waals surface area contributed by atoms with E-state index in [2.05, 4.69) is 22.1 Å². The minimum atomic E-state index is -0.672. The molecule has 190 valence electrons. The first-order valence-corrected chi connectivity index (χ1v) is 12.4. The van der Waals surface area contributed by atoms with Gasteiger partial charge in [-0.3, -0.25) is 19.4 Å². The van der Waals surface area contributed by atoms with E-state index < -0.39 is 12.1 Å². The number of morpholine rings is 1. The molecule has 2 aromatic heterocycles. The minimum absolute atomic E-state index is 0.0370. The van der Waals surface area contributed by atoms with Crippen LogP contribution in [0.1, 0.15) is 69.4 Å². The quantitative estimate of drug-likeness (QED) is 0.588. The Morgan fingerprint density at radius 2 is 2.00 bits per heavy atom. The molecule has 3 rings (SSSR count). The maximum absolute atomic E-state index is 13.6. The number of anilines is 1. The second-order valence-electron chi connectivity index (χ2n) is 10.1. The lowest BCUT2D eigenvalue weighted by atomic mass is 9.99. The summed E-state index contributed by atoms with van der Waals surface area (Å²) < 4.78 is 7.07. The van der Waals surface area contributed by atoms with E-state index in [-0.39, 0.29) is 35.6 Å². The number of amides is 1. The molecule has 2 aromatic rings. The van der Waals surface area contributed by atoms with Crippen LogP contribution in [0.3, 0.4) is 0 Å². The van der Waals surface area contributed by atoms with Crippen molar-refractivity contribution in [1.82, 2.24) is 14.9 Å². The highest BCUT2D eigenvalue weighted by atomic mass is 16.5. The largest absolute Gasteiger partial charge is 0.377 e. The Kier molecular flexibility index (Phi) is 8.83. The minimum Gasteiger partial charge on any atom is -0.377 e. The van der Waals surface area contributed by atoms with Gasteiger partial charge in [-0.2, -0.15) is 0 Å². The summed E-state index contributed by atoms with van der Waals surface area (Å²) in [5.41, 5.74) is 3.27. The maximum atomic E-state index is 13.6. The zero-order chi connectivity index (χ0) is 25.7. The second-order valence-corrected chi connectivity index (χ2v) is 10.1. The summed E-state index contributed by atoms with van der Waals surface area (Å²) in [6.07, 6.45) is 4.05. The average molecular weight is 483 g/mol. The van der Waals surface area contributed by atoms with Crippen LogP contribution in [-0.2, 0) is 14.3 Å². The molecule has 1 aliphatic rings. The van der Waals surface area contributed by atoms with Crippen LogP contribution in [0.15, 0.2) is 35.4 Å². The number of ether oxygens (including phenoxy) is 1. The van der Waals surface area contributed by atoms with Gasteiger partial charge in [0, 0.05) is 37.5 Å². The van der Waals surface area contributed by atoms with E-state index >= 15 is 0 Å². The van der Waals surface area contributed by atoms with Crippen LogP contribution in [0.5, 0.6) is 0 Å².